The Labute approximate surface area is 129 Å². The van der Waals surface area contributed by atoms with Crippen LogP contribution in [-0.2, 0) is 12.0 Å². The van der Waals surface area contributed by atoms with Crippen molar-refractivity contribution in [3.8, 4) is 5.75 Å². The summed E-state index contributed by atoms with van der Waals surface area (Å²) in [6.07, 6.45) is 3.47. The molecule has 0 saturated carbocycles. The maximum atomic E-state index is 6.30. The normalized spacial score (nSPS) is 23.2. The van der Waals surface area contributed by atoms with Crippen molar-refractivity contribution in [1.29, 1.82) is 0 Å². The molecule has 1 aromatic rings. The van der Waals surface area contributed by atoms with Crippen molar-refractivity contribution < 1.29 is 4.74 Å². The van der Waals surface area contributed by atoms with Crippen molar-refractivity contribution in [2.45, 2.75) is 51.6 Å². The van der Waals surface area contributed by atoms with E-state index in [1.165, 1.54) is 17.5 Å². The second kappa shape index (κ2) is 6.37. The van der Waals surface area contributed by atoms with E-state index in [1.807, 2.05) is 0 Å². The molecule has 1 aromatic carbocycles. The van der Waals surface area contributed by atoms with Crippen LogP contribution >= 0.6 is 0 Å². The summed E-state index contributed by atoms with van der Waals surface area (Å²) in [4.78, 5) is 2.50. The van der Waals surface area contributed by atoms with Gasteiger partial charge in [0.2, 0.25) is 0 Å². The first-order chi connectivity index (χ1) is 9.96. The summed E-state index contributed by atoms with van der Waals surface area (Å²) < 4.78 is 5.45. The van der Waals surface area contributed by atoms with E-state index in [2.05, 4.69) is 50.9 Å². The number of hydrogen-bond acceptors (Lipinski definition) is 3. The third kappa shape index (κ3) is 2.82. The Morgan fingerprint density at radius 2 is 2.05 bits per heavy atom. The van der Waals surface area contributed by atoms with Crippen molar-refractivity contribution in [3.63, 3.8) is 0 Å². The van der Waals surface area contributed by atoms with Gasteiger partial charge < -0.3 is 10.5 Å². The Kier molecular flexibility index (Phi) is 4.95. The lowest BCUT2D eigenvalue weighted by molar-refractivity contribution is 0.0457. The van der Waals surface area contributed by atoms with Crippen molar-refractivity contribution in [1.82, 2.24) is 4.90 Å². The first-order valence-corrected chi connectivity index (χ1v) is 8.06. The molecule has 0 amide bonds. The van der Waals surface area contributed by atoms with Crippen molar-refractivity contribution in [2.75, 3.05) is 20.7 Å². The van der Waals surface area contributed by atoms with E-state index >= 15 is 0 Å². The van der Waals surface area contributed by atoms with E-state index in [-0.39, 0.29) is 5.54 Å². The number of fused-ring (bicyclic) bond motifs is 1. The van der Waals surface area contributed by atoms with Gasteiger partial charge in [-0.25, -0.2) is 0 Å². The van der Waals surface area contributed by atoms with Crippen LogP contribution < -0.4 is 10.5 Å². The summed E-state index contributed by atoms with van der Waals surface area (Å²) in [6, 6.07) is 6.97. The van der Waals surface area contributed by atoms with Crippen molar-refractivity contribution in [2.24, 2.45) is 11.7 Å². The highest BCUT2D eigenvalue weighted by molar-refractivity contribution is 5.42. The predicted molar refractivity (Wildman–Crippen MR) is 88.7 cm³/mol. The molecule has 2 N–H and O–H groups in total. The van der Waals surface area contributed by atoms with Crippen LogP contribution in [0.4, 0.5) is 0 Å². The molecule has 2 unspecified atom stereocenters. The number of benzene rings is 1. The molecule has 0 heterocycles. The zero-order valence-corrected chi connectivity index (χ0v) is 14.1. The lowest BCUT2D eigenvalue weighted by atomic mass is 9.74. The zero-order valence-electron chi connectivity index (χ0n) is 14.1. The first-order valence-electron chi connectivity index (χ1n) is 8.06. The minimum absolute atomic E-state index is 0.0637. The van der Waals surface area contributed by atoms with Crippen LogP contribution in [0, 0.1) is 5.92 Å². The molecule has 0 radical (unpaired) electrons. The predicted octanol–water partition coefficient (Wildman–Crippen LogP) is 3.16. The standard InChI is InChI=1S/C18H30N2O/c1-13(2)14(3)20(4)18(12-19)10-6-7-15-8-9-16(21-5)11-17(15)18/h8-9,11,13-14H,6-7,10,12,19H2,1-5H3. The third-order valence-electron chi connectivity index (χ3n) is 5.44. The van der Waals surface area contributed by atoms with Crippen LogP contribution in [0.15, 0.2) is 18.2 Å². The van der Waals surface area contributed by atoms with Crippen LogP contribution in [0.25, 0.3) is 0 Å². The Morgan fingerprint density at radius 1 is 1.33 bits per heavy atom. The molecule has 21 heavy (non-hydrogen) atoms. The van der Waals surface area contributed by atoms with Crippen molar-refractivity contribution in [3.05, 3.63) is 29.3 Å². The maximum absolute atomic E-state index is 6.30. The van der Waals surface area contributed by atoms with Gasteiger partial charge in [-0.05, 0) is 62.4 Å². The Morgan fingerprint density at radius 3 is 2.62 bits per heavy atom. The van der Waals surface area contributed by atoms with Crippen molar-refractivity contribution >= 4 is 0 Å². The van der Waals surface area contributed by atoms with Gasteiger partial charge in [0.25, 0.3) is 0 Å². The molecule has 3 nitrogen and oxygen atoms in total. The van der Waals surface area contributed by atoms with E-state index < -0.39 is 0 Å². The average molecular weight is 290 g/mol. The minimum Gasteiger partial charge on any atom is -0.497 e. The summed E-state index contributed by atoms with van der Waals surface area (Å²) in [6.45, 7) is 7.51. The fourth-order valence-corrected chi connectivity index (χ4v) is 3.60. The molecule has 1 aliphatic rings. The molecule has 0 aliphatic heterocycles. The number of nitrogens with zero attached hydrogens (tertiary/aromatic N) is 1. The first kappa shape index (κ1) is 16.3. The molecule has 2 atom stereocenters. The van der Waals surface area contributed by atoms with Gasteiger partial charge in [0.1, 0.15) is 5.75 Å². The molecule has 1 aliphatic carbocycles. The Balaban J connectivity index is 2.50. The Hall–Kier alpha value is -1.06. The largest absolute Gasteiger partial charge is 0.497 e. The molecule has 0 saturated heterocycles. The molecular weight excluding hydrogens is 260 g/mol. The van der Waals surface area contributed by atoms with E-state index in [1.54, 1.807) is 7.11 Å². The topological polar surface area (TPSA) is 38.5 Å². The maximum Gasteiger partial charge on any atom is 0.119 e. The SMILES string of the molecule is COc1ccc2c(c1)C(CN)(N(C)C(C)C(C)C)CCC2. The number of likely N-dealkylation sites (N-methyl/N-ethyl adjacent to an activating group) is 1. The summed E-state index contributed by atoms with van der Waals surface area (Å²) >= 11 is 0. The van der Waals surface area contributed by atoms with Gasteiger partial charge in [-0.3, -0.25) is 4.90 Å². The Bertz CT molecular complexity index is 486. The minimum atomic E-state index is -0.0637. The number of methoxy groups -OCH3 is 1. The summed E-state index contributed by atoms with van der Waals surface area (Å²) in [5.41, 5.74) is 9.03. The second-order valence-corrected chi connectivity index (χ2v) is 6.71. The van der Waals surface area contributed by atoms with Crippen LogP contribution in [-0.4, -0.2) is 31.6 Å². The molecule has 0 bridgehead atoms. The highest BCUT2D eigenvalue weighted by Gasteiger charge is 2.41. The van der Waals surface area contributed by atoms with E-state index in [0.717, 1.165) is 18.6 Å². The molecule has 118 valence electrons. The van der Waals surface area contributed by atoms with Gasteiger partial charge in [0, 0.05) is 12.6 Å². The van der Waals surface area contributed by atoms with E-state index in [4.69, 9.17) is 10.5 Å². The van der Waals surface area contributed by atoms with Gasteiger partial charge in [0.15, 0.2) is 0 Å². The summed E-state index contributed by atoms with van der Waals surface area (Å²) in [5.74, 6) is 1.54. The summed E-state index contributed by atoms with van der Waals surface area (Å²) in [7, 11) is 3.96. The number of rotatable bonds is 5. The highest BCUT2D eigenvalue weighted by Crippen LogP contribution is 2.42. The molecule has 3 heteroatoms. The molecule has 0 aromatic heterocycles. The van der Waals surface area contributed by atoms with Gasteiger partial charge in [-0.1, -0.05) is 19.9 Å². The number of hydrogen-bond donors (Lipinski definition) is 1. The molecule has 2 rings (SSSR count). The number of aryl methyl sites for hydroxylation is 1. The second-order valence-electron chi connectivity index (χ2n) is 6.71. The molecular formula is C18H30N2O. The van der Waals surface area contributed by atoms with Crippen LogP contribution in [0.5, 0.6) is 5.75 Å². The molecule has 0 fully saturated rings. The lowest BCUT2D eigenvalue weighted by Gasteiger charge is -2.49. The third-order valence-corrected chi connectivity index (χ3v) is 5.44. The lowest BCUT2D eigenvalue weighted by Crippen LogP contribution is -2.55. The fraction of sp³-hybridized carbons (Fsp3) is 0.667. The zero-order chi connectivity index (χ0) is 15.6. The van der Waals surface area contributed by atoms with E-state index in [0.29, 0.717) is 18.5 Å². The fourth-order valence-electron chi connectivity index (χ4n) is 3.60. The quantitative estimate of drug-likeness (QED) is 0.905. The van der Waals surface area contributed by atoms with Gasteiger partial charge in [-0.2, -0.15) is 0 Å². The van der Waals surface area contributed by atoms with Gasteiger partial charge >= 0.3 is 0 Å². The van der Waals surface area contributed by atoms with Gasteiger partial charge in [-0.15, -0.1) is 0 Å². The average Bonchev–Trinajstić information content (AvgIpc) is 2.52. The van der Waals surface area contributed by atoms with Crippen LogP contribution in [0.2, 0.25) is 0 Å². The number of ether oxygens (including phenoxy) is 1. The molecule has 0 spiro atoms. The highest BCUT2D eigenvalue weighted by atomic mass is 16.5. The number of nitrogens with two attached hydrogens (primary N) is 1. The summed E-state index contributed by atoms with van der Waals surface area (Å²) in [5, 5.41) is 0. The monoisotopic (exact) mass is 290 g/mol. The van der Waals surface area contributed by atoms with E-state index in [9.17, 15) is 0 Å². The van der Waals surface area contributed by atoms with Crippen LogP contribution in [0.1, 0.15) is 44.7 Å². The van der Waals surface area contributed by atoms with Gasteiger partial charge in [0.05, 0.1) is 12.6 Å². The smallest absolute Gasteiger partial charge is 0.119 e. The van der Waals surface area contributed by atoms with Crippen LogP contribution in [0.3, 0.4) is 0 Å².